The van der Waals surface area contributed by atoms with Crippen LogP contribution in [0, 0.1) is 0 Å². The summed E-state index contributed by atoms with van der Waals surface area (Å²) in [7, 11) is 1.66. The van der Waals surface area contributed by atoms with E-state index >= 15 is 0 Å². The first-order valence-electron chi connectivity index (χ1n) is 6.30. The van der Waals surface area contributed by atoms with E-state index in [9.17, 15) is 0 Å². The van der Waals surface area contributed by atoms with Crippen LogP contribution in [0.2, 0.25) is 0 Å². The molecule has 0 spiro atoms. The van der Waals surface area contributed by atoms with Crippen molar-refractivity contribution in [2.24, 2.45) is 0 Å². The lowest BCUT2D eigenvalue weighted by atomic mass is 9.99. The van der Waals surface area contributed by atoms with Crippen LogP contribution < -0.4 is 5.32 Å². The van der Waals surface area contributed by atoms with Crippen LogP contribution in [0.4, 0.5) is 0 Å². The van der Waals surface area contributed by atoms with Crippen molar-refractivity contribution in [3.63, 3.8) is 0 Å². The zero-order valence-corrected chi connectivity index (χ0v) is 11.0. The van der Waals surface area contributed by atoms with Crippen molar-refractivity contribution in [3.05, 3.63) is 5.82 Å². The minimum Gasteiger partial charge on any atom is -0.396 e. The number of hydrogen-bond donors (Lipinski definition) is 2. The molecule has 18 heavy (non-hydrogen) atoms. The van der Waals surface area contributed by atoms with Gasteiger partial charge < -0.3 is 15.2 Å². The highest BCUT2D eigenvalue weighted by atomic mass is 16.5. The number of hydrogen-bond acceptors (Lipinski definition) is 6. The summed E-state index contributed by atoms with van der Waals surface area (Å²) in [6.07, 6.45) is 2.94. The van der Waals surface area contributed by atoms with Crippen LogP contribution in [-0.2, 0) is 11.3 Å². The predicted octanol–water partition coefficient (Wildman–Crippen LogP) is -0.115. The smallest absolute Gasteiger partial charge is 0.165 e. The Morgan fingerprint density at radius 3 is 2.94 bits per heavy atom. The molecule has 1 aliphatic carbocycles. The van der Waals surface area contributed by atoms with E-state index in [0.717, 1.165) is 18.7 Å². The van der Waals surface area contributed by atoms with Gasteiger partial charge in [0, 0.05) is 19.3 Å². The number of tetrazole rings is 1. The highest BCUT2D eigenvalue weighted by Gasteiger charge is 2.29. The third kappa shape index (κ3) is 3.24. The van der Waals surface area contributed by atoms with E-state index < -0.39 is 0 Å². The van der Waals surface area contributed by atoms with Gasteiger partial charge in [-0.25, -0.2) is 4.68 Å². The molecule has 1 saturated carbocycles. The maximum atomic E-state index is 9.10. The number of nitrogens with zero attached hydrogens (tertiary/aromatic N) is 4. The van der Waals surface area contributed by atoms with E-state index in [4.69, 9.17) is 9.84 Å². The van der Waals surface area contributed by atoms with Crippen LogP contribution in [0.25, 0.3) is 0 Å². The average molecular weight is 255 g/mol. The Kier molecular flexibility index (Phi) is 4.26. The molecule has 7 nitrogen and oxygen atoms in total. The molecule has 2 rings (SSSR count). The molecule has 1 heterocycles. The number of methoxy groups -OCH3 is 1. The van der Waals surface area contributed by atoms with E-state index in [1.165, 1.54) is 0 Å². The summed E-state index contributed by atoms with van der Waals surface area (Å²) in [5.74, 6) is 0.845. The Morgan fingerprint density at radius 1 is 1.56 bits per heavy atom. The monoisotopic (exact) mass is 255 g/mol. The number of aliphatic hydroxyl groups excluding tert-OH is 1. The quantitative estimate of drug-likeness (QED) is 0.674. The van der Waals surface area contributed by atoms with E-state index in [1.54, 1.807) is 7.11 Å². The zero-order valence-electron chi connectivity index (χ0n) is 11.0. The molecule has 0 aliphatic heterocycles. The van der Waals surface area contributed by atoms with Gasteiger partial charge in [0.1, 0.15) is 0 Å². The number of aromatic nitrogens is 4. The van der Waals surface area contributed by atoms with Crippen molar-refractivity contribution < 1.29 is 9.84 Å². The second kappa shape index (κ2) is 5.73. The van der Waals surface area contributed by atoms with Gasteiger partial charge in [-0.15, -0.1) is 5.10 Å². The van der Waals surface area contributed by atoms with Crippen molar-refractivity contribution in [2.75, 3.05) is 20.3 Å². The molecule has 0 amide bonds. The zero-order chi connectivity index (χ0) is 13.0. The summed E-state index contributed by atoms with van der Waals surface area (Å²) in [4.78, 5) is 0. The Labute approximate surface area is 107 Å². The van der Waals surface area contributed by atoms with Gasteiger partial charge in [-0.3, -0.25) is 0 Å². The summed E-state index contributed by atoms with van der Waals surface area (Å²) < 4.78 is 7.08. The van der Waals surface area contributed by atoms with Crippen LogP contribution in [0.1, 0.15) is 38.1 Å². The van der Waals surface area contributed by atoms with E-state index in [-0.39, 0.29) is 12.1 Å². The van der Waals surface area contributed by atoms with Gasteiger partial charge in [0.05, 0.1) is 19.2 Å². The maximum Gasteiger partial charge on any atom is 0.165 e. The lowest BCUT2D eigenvalue weighted by Crippen LogP contribution is -2.47. The largest absolute Gasteiger partial charge is 0.396 e. The molecule has 1 unspecified atom stereocenters. The minimum atomic E-state index is -0.260. The molecule has 1 aromatic heterocycles. The predicted molar refractivity (Wildman–Crippen MR) is 64.9 cm³/mol. The Bertz CT molecular complexity index is 371. The first-order chi connectivity index (χ1) is 8.68. The summed E-state index contributed by atoms with van der Waals surface area (Å²) >= 11 is 0. The fraction of sp³-hybridized carbons (Fsp3) is 0.909. The lowest BCUT2D eigenvalue weighted by molar-refractivity contribution is 0.0962. The van der Waals surface area contributed by atoms with Gasteiger partial charge in [-0.1, -0.05) is 0 Å². The second-order valence-electron chi connectivity index (χ2n) is 5.09. The van der Waals surface area contributed by atoms with Crippen molar-refractivity contribution in [1.29, 1.82) is 0 Å². The lowest BCUT2D eigenvalue weighted by Gasteiger charge is -2.29. The average Bonchev–Trinajstić information content (AvgIpc) is 3.07. The highest BCUT2D eigenvalue weighted by Crippen LogP contribution is 2.34. The minimum absolute atomic E-state index is 0.125. The van der Waals surface area contributed by atoms with Crippen molar-refractivity contribution in [3.8, 4) is 0 Å². The molecule has 0 bridgehead atoms. The van der Waals surface area contributed by atoms with Gasteiger partial charge >= 0.3 is 0 Å². The SMILES string of the molecule is COCC(C)(CCO)NCc1nnnn1C1CC1. The fourth-order valence-corrected chi connectivity index (χ4v) is 2.00. The van der Waals surface area contributed by atoms with Crippen molar-refractivity contribution >= 4 is 0 Å². The Balaban J connectivity index is 1.93. The normalized spacial score (nSPS) is 18.8. The van der Waals surface area contributed by atoms with Gasteiger partial charge in [0.25, 0.3) is 0 Å². The van der Waals surface area contributed by atoms with Crippen LogP contribution in [0.3, 0.4) is 0 Å². The third-order valence-corrected chi connectivity index (χ3v) is 3.25. The fourth-order valence-electron chi connectivity index (χ4n) is 2.00. The van der Waals surface area contributed by atoms with E-state index in [2.05, 4.69) is 20.8 Å². The van der Waals surface area contributed by atoms with Gasteiger partial charge in [-0.05, 0) is 36.6 Å². The standard InChI is InChI=1S/C11H21N5O2/c1-11(5-6-17,8-18-2)12-7-10-13-14-15-16(10)9-3-4-9/h9,12,17H,3-8H2,1-2H3. The molecule has 102 valence electrons. The Hall–Kier alpha value is -1.05. The van der Waals surface area contributed by atoms with Crippen LogP contribution >= 0.6 is 0 Å². The number of aliphatic hydroxyl groups is 1. The topological polar surface area (TPSA) is 85.1 Å². The maximum absolute atomic E-state index is 9.10. The first-order valence-corrected chi connectivity index (χ1v) is 6.30. The highest BCUT2D eigenvalue weighted by molar-refractivity contribution is 4.92. The summed E-state index contributed by atoms with van der Waals surface area (Å²) in [5, 5.41) is 24.2. The number of nitrogens with one attached hydrogen (secondary N) is 1. The molecule has 1 aliphatic rings. The molecule has 0 radical (unpaired) electrons. The summed E-state index contributed by atoms with van der Waals surface area (Å²) in [6, 6.07) is 0.475. The molecule has 0 saturated heterocycles. The molecular formula is C11H21N5O2. The molecule has 0 aromatic carbocycles. The first kappa shape index (κ1) is 13.4. The Morgan fingerprint density at radius 2 is 2.33 bits per heavy atom. The number of rotatable bonds is 8. The van der Waals surface area contributed by atoms with Crippen LogP contribution in [0.5, 0.6) is 0 Å². The molecule has 7 heteroatoms. The third-order valence-electron chi connectivity index (χ3n) is 3.25. The molecule has 1 aromatic rings. The van der Waals surface area contributed by atoms with Gasteiger partial charge in [0.15, 0.2) is 5.82 Å². The van der Waals surface area contributed by atoms with E-state index in [0.29, 0.717) is 25.6 Å². The van der Waals surface area contributed by atoms with E-state index in [1.807, 2.05) is 11.6 Å². The second-order valence-corrected chi connectivity index (χ2v) is 5.09. The number of ether oxygens (including phenoxy) is 1. The van der Waals surface area contributed by atoms with Gasteiger partial charge in [-0.2, -0.15) is 0 Å². The van der Waals surface area contributed by atoms with Crippen molar-refractivity contribution in [1.82, 2.24) is 25.5 Å². The molecule has 1 fully saturated rings. The molecule has 2 N–H and O–H groups in total. The summed E-state index contributed by atoms with van der Waals surface area (Å²) in [5.41, 5.74) is -0.260. The van der Waals surface area contributed by atoms with Gasteiger partial charge in [0.2, 0.25) is 0 Å². The molecular weight excluding hydrogens is 234 g/mol. The molecule has 1 atom stereocenters. The van der Waals surface area contributed by atoms with Crippen molar-refractivity contribution in [2.45, 2.75) is 44.3 Å². The van der Waals surface area contributed by atoms with Crippen LogP contribution in [0.15, 0.2) is 0 Å². The summed E-state index contributed by atoms with van der Waals surface area (Å²) in [6.45, 7) is 3.28. The van der Waals surface area contributed by atoms with Crippen LogP contribution in [-0.4, -0.2) is 51.2 Å².